The molecule has 0 saturated heterocycles. The third kappa shape index (κ3) is 4.18. The van der Waals surface area contributed by atoms with E-state index < -0.39 is 23.8 Å². The number of ether oxygens (including phenoxy) is 5. The summed E-state index contributed by atoms with van der Waals surface area (Å²) >= 11 is 0. The van der Waals surface area contributed by atoms with Crippen molar-refractivity contribution in [1.29, 1.82) is 0 Å². The van der Waals surface area contributed by atoms with Crippen molar-refractivity contribution in [1.82, 2.24) is 0 Å². The molecule has 0 spiro atoms. The van der Waals surface area contributed by atoms with Gasteiger partial charge in [-0.3, -0.25) is 0 Å². The number of fused-ring (bicyclic) bond motifs is 1. The molecule has 2 rings (SSSR count). The van der Waals surface area contributed by atoms with Gasteiger partial charge in [0.15, 0.2) is 17.6 Å². The summed E-state index contributed by atoms with van der Waals surface area (Å²) in [4.78, 5) is 23.8. The number of hydrogen-bond donors (Lipinski definition) is 0. The maximum Gasteiger partial charge on any atom is 0.509 e. The number of esters is 1. The Labute approximate surface area is 140 Å². The van der Waals surface area contributed by atoms with Gasteiger partial charge >= 0.3 is 12.1 Å². The zero-order chi connectivity index (χ0) is 17.9. The average molecular weight is 336 g/mol. The molecule has 0 radical (unpaired) electrons. The van der Waals surface area contributed by atoms with Crippen LogP contribution in [-0.2, 0) is 19.0 Å². The van der Waals surface area contributed by atoms with Crippen LogP contribution in [0.1, 0.15) is 32.4 Å². The maximum absolute atomic E-state index is 12.0. The predicted molar refractivity (Wildman–Crippen MR) is 83.8 cm³/mol. The van der Waals surface area contributed by atoms with Crippen LogP contribution >= 0.6 is 0 Å². The Morgan fingerprint density at radius 3 is 2.50 bits per heavy atom. The van der Waals surface area contributed by atoms with Crippen molar-refractivity contribution in [3.8, 4) is 11.5 Å². The first-order valence-electron chi connectivity index (χ1n) is 7.27. The molecule has 0 aromatic heterocycles. The van der Waals surface area contributed by atoms with Crippen LogP contribution in [0.25, 0.3) is 0 Å². The Hall–Kier alpha value is -2.70. The van der Waals surface area contributed by atoms with E-state index in [1.54, 1.807) is 39.0 Å². The van der Waals surface area contributed by atoms with E-state index >= 15 is 0 Å². The van der Waals surface area contributed by atoms with Crippen molar-refractivity contribution in [3.05, 3.63) is 35.9 Å². The van der Waals surface area contributed by atoms with Gasteiger partial charge in [-0.2, -0.15) is 0 Å². The normalized spacial score (nSPS) is 13.8. The molecule has 0 aliphatic carbocycles. The SMILES string of the molecule is C=C(C(=O)OC)C(OC(=O)OC(C)(C)C)c1ccc2c(c1)OCO2. The first-order chi connectivity index (χ1) is 11.2. The molecule has 7 nitrogen and oxygen atoms in total. The minimum atomic E-state index is -1.07. The van der Waals surface area contributed by atoms with Crippen molar-refractivity contribution in [3.63, 3.8) is 0 Å². The van der Waals surface area contributed by atoms with Gasteiger partial charge in [-0.25, -0.2) is 9.59 Å². The Morgan fingerprint density at radius 2 is 1.88 bits per heavy atom. The standard InChI is InChI=1S/C17H20O7/c1-10(15(18)20-5)14(23-16(19)24-17(2,3)4)11-6-7-12-13(8-11)22-9-21-12/h6-8,14H,1,9H2,2-5H3. The van der Waals surface area contributed by atoms with E-state index in [-0.39, 0.29) is 12.4 Å². The van der Waals surface area contributed by atoms with Crippen molar-refractivity contribution >= 4 is 12.1 Å². The third-order valence-corrected chi connectivity index (χ3v) is 3.07. The molecule has 1 unspecified atom stereocenters. The van der Waals surface area contributed by atoms with Crippen LogP contribution in [0.4, 0.5) is 4.79 Å². The topological polar surface area (TPSA) is 80.3 Å². The number of methoxy groups -OCH3 is 1. The lowest BCUT2D eigenvalue weighted by Gasteiger charge is -2.23. The third-order valence-electron chi connectivity index (χ3n) is 3.07. The largest absolute Gasteiger partial charge is 0.509 e. The lowest BCUT2D eigenvalue weighted by molar-refractivity contribution is -0.137. The van der Waals surface area contributed by atoms with E-state index in [1.807, 2.05) is 0 Å². The van der Waals surface area contributed by atoms with Gasteiger partial charge in [0.1, 0.15) is 5.60 Å². The lowest BCUT2D eigenvalue weighted by atomic mass is 10.0. The average Bonchev–Trinajstić information content (AvgIpc) is 2.96. The molecule has 1 aliphatic heterocycles. The number of hydrogen-bond acceptors (Lipinski definition) is 7. The molecule has 0 N–H and O–H groups in total. The maximum atomic E-state index is 12.0. The van der Waals surface area contributed by atoms with Gasteiger partial charge in [0.2, 0.25) is 6.79 Å². The molecule has 7 heteroatoms. The van der Waals surface area contributed by atoms with Gasteiger partial charge in [0, 0.05) is 5.56 Å². The number of carbonyl (C=O) groups is 2. The molecule has 1 aliphatic rings. The molecule has 24 heavy (non-hydrogen) atoms. The second kappa shape index (κ2) is 6.82. The summed E-state index contributed by atoms with van der Waals surface area (Å²) in [7, 11) is 1.22. The second-order valence-corrected chi connectivity index (χ2v) is 6.09. The minimum Gasteiger partial charge on any atom is -0.466 e. The molecule has 0 amide bonds. The van der Waals surface area contributed by atoms with Crippen LogP contribution < -0.4 is 9.47 Å². The molecular formula is C17H20O7. The molecule has 0 bridgehead atoms. The summed E-state index contributed by atoms with van der Waals surface area (Å²) in [6.07, 6.45) is -1.99. The summed E-state index contributed by atoms with van der Waals surface area (Å²) in [5.74, 6) is 0.364. The molecule has 0 saturated carbocycles. The summed E-state index contributed by atoms with van der Waals surface area (Å²) in [5, 5.41) is 0. The molecule has 0 fully saturated rings. The van der Waals surface area contributed by atoms with Crippen LogP contribution in [0, 0.1) is 0 Å². The Balaban J connectivity index is 2.27. The van der Waals surface area contributed by atoms with Crippen molar-refractivity contribution in [2.75, 3.05) is 13.9 Å². The molecule has 1 aromatic rings. The highest BCUT2D eigenvalue weighted by Gasteiger charge is 2.29. The quantitative estimate of drug-likeness (QED) is 0.617. The zero-order valence-corrected chi connectivity index (χ0v) is 14.1. The Morgan fingerprint density at radius 1 is 1.21 bits per heavy atom. The fourth-order valence-electron chi connectivity index (χ4n) is 2.02. The van der Waals surface area contributed by atoms with Crippen LogP contribution in [0.5, 0.6) is 11.5 Å². The first kappa shape index (κ1) is 17.7. The van der Waals surface area contributed by atoms with E-state index in [1.165, 1.54) is 7.11 Å². The van der Waals surface area contributed by atoms with E-state index in [0.29, 0.717) is 17.1 Å². The van der Waals surface area contributed by atoms with E-state index in [0.717, 1.165) is 0 Å². The van der Waals surface area contributed by atoms with Crippen LogP contribution in [0.15, 0.2) is 30.4 Å². The van der Waals surface area contributed by atoms with Gasteiger partial charge in [-0.1, -0.05) is 12.6 Å². The molecular weight excluding hydrogens is 316 g/mol. The van der Waals surface area contributed by atoms with Crippen LogP contribution in [0.2, 0.25) is 0 Å². The fourth-order valence-corrected chi connectivity index (χ4v) is 2.02. The zero-order valence-electron chi connectivity index (χ0n) is 14.1. The number of carbonyl (C=O) groups excluding carboxylic acids is 2. The van der Waals surface area contributed by atoms with Gasteiger partial charge < -0.3 is 23.7 Å². The Bertz CT molecular complexity index is 657. The number of rotatable bonds is 4. The minimum absolute atomic E-state index is 0.0396. The van der Waals surface area contributed by atoms with E-state index in [9.17, 15) is 9.59 Å². The summed E-state index contributed by atoms with van der Waals surface area (Å²) in [5.41, 5.74) is -0.286. The Kier molecular flexibility index (Phi) is 5.02. The second-order valence-electron chi connectivity index (χ2n) is 6.09. The van der Waals surface area contributed by atoms with Gasteiger partial charge in [0.25, 0.3) is 0 Å². The highest BCUT2D eigenvalue weighted by molar-refractivity contribution is 5.89. The lowest BCUT2D eigenvalue weighted by Crippen LogP contribution is -2.27. The highest BCUT2D eigenvalue weighted by Crippen LogP contribution is 2.37. The molecule has 130 valence electrons. The van der Waals surface area contributed by atoms with Gasteiger partial charge in [-0.05, 0) is 32.9 Å². The summed E-state index contributed by atoms with van der Waals surface area (Å²) < 4.78 is 25.6. The van der Waals surface area contributed by atoms with Crippen molar-refractivity contribution in [2.24, 2.45) is 0 Å². The fraction of sp³-hybridized carbons (Fsp3) is 0.412. The molecule has 1 atom stereocenters. The van der Waals surface area contributed by atoms with Gasteiger partial charge in [-0.15, -0.1) is 0 Å². The highest BCUT2D eigenvalue weighted by atomic mass is 16.7. The molecule has 1 aromatic carbocycles. The first-order valence-corrected chi connectivity index (χ1v) is 7.27. The van der Waals surface area contributed by atoms with Crippen LogP contribution in [-0.4, -0.2) is 31.6 Å². The smallest absolute Gasteiger partial charge is 0.466 e. The van der Waals surface area contributed by atoms with Crippen molar-refractivity contribution < 1.29 is 33.3 Å². The van der Waals surface area contributed by atoms with Crippen LogP contribution in [0.3, 0.4) is 0 Å². The van der Waals surface area contributed by atoms with E-state index in [4.69, 9.17) is 18.9 Å². The predicted octanol–water partition coefficient (Wildman–Crippen LogP) is 3.14. The summed E-state index contributed by atoms with van der Waals surface area (Å²) in [6, 6.07) is 4.93. The van der Waals surface area contributed by atoms with E-state index in [2.05, 4.69) is 11.3 Å². The van der Waals surface area contributed by atoms with Crippen molar-refractivity contribution in [2.45, 2.75) is 32.5 Å². The summed E-state index contributed by atoms with van der Waals surface area (Å²) in [6.45, 7) is 8.89. The molecule has 1 heterocycles. The monoisotopic (exact) mass is 336 g/mol. The van der Waals surface area contributed by atoms with Gasteiger partial charge in [0.05, 0.1) is 12.7 Å². The number of benzene rings is 1.